The van der Waals surface area contributed by atoms with Gasteiger partial charge in [0, 0.05) is 17.1 Å². The van der Waals surface area contributed by atoms with Crippen LogP contribution in [0.25, 0.3) is 0 Å². The highest BCUT2D eigenvalue weighted by Gasteiger charge is 1.95. The summed E-state index contributed by atoms with van der Waals surface area (Å²) in [5.74, 6) is 1.31. The molecule has 0 aliphatic rings. The molecular formula is C6H8O2S. The minimum atomic E-state index is -0.789. The highest BCUT2D eigenvalue weighted by Crippen LogP contribution is 2.01. The second-order valence-electron chi connectivity index (χ2n) is 1.80. The summed E-state index contributed by atoms with van der Waals surface area (Å²) < 4.78 is 15.5. The summed E-state index contributed by atoms with van der Waals surface area (Å²) in [6, 6.07) is 3.61. The van der Waals surface area contributed by atoms with Gasteiger partial charge in [0.1, 0.15) is 5.76 Å². The third-order valence-corrected chi connectivity index (χ3v) is 1.62. The fourth-order valence-corrected chi connectivity index (χ4v) is 1.16. The van der Waals surface area contributed by atoms with Crippen molar-refractivity contribution in [2.75, 3.05) is 6.26 Å². The van der Waals surface area contributed by atoms with Gasteiger partial charge in [0.25, 0.3) is 0 Å². The molecule has 0 amide bonds. The molecule has 0 aromatic carbocycles. The number of rotatable bonds is 2. The van der Waals surface area contributed by atoms with Crippen LogP contribution in [0.1, 0.15) is 5.76 Å². The molecular weight excluding hydrogens is 136 g/mol. The second-order valence-corrected chi connectivity index (χ2v) is 3.23. The first-order valence-electron chi connectivity index (χ1n) is 2.61. The van der Waals surface area contributed by atoms with Crippen molar-refractivity contribution in [3.63, 3.8) is 0 Å². The van der Waals surface area contributed by atoms with Crippen molar-refractivity contribution in [3.8, 4) is 0 Å². The molecule has 1 rings (SSSR count). The van der Waals surface area contributed by atoms with Crippen molar-refractivity contribution in [2.45, 2.75) is 5.75 Å². The molecule has 0 saturated carbocycles. The summed E-state index contributed by atoms with van der Waals surface area (Å²) in [7, 11) is -0.789. The predicted molar refractivity (Wildman–Crippen MR) is 36.5 cm³/mol. The van der Waals surface area contributed by atoms with E-state index in [0.717, 1.165) is 5.76 Å². The third kappa shape index (κ3) is 2.01. The molecule has 0 N–H and O–H groups in total. The summed E-state index contributed by atoms with van der Waals surface area (Å²) >= 11 is 0. The lowest BCUT2D eigenvalue weighted by atomic mass is 10.5. The summed E-state index contributed by atoms with van der Waals surface area (Å²) in [6.07, 6.45) is 3.24. The van der Waals surface area contributed by atoms with Crippen LogP contribution in [-0.4, -0.2) is 10.5 Å². The van der Waals surface area contributed by atoms with Crippen LogP contribution in [-0.2, 0) is 16.6 Å². The molecule has 0 radical (unpaired) electrons. The van der Waals surface area contributed by atoms with Crippen LogP contribution >= 0.6 is 0 Å². The van der Waals surface area contributed by atoms with Gasteiger partial charge in [0.15, 0.2) is 0 Å². The Labute approximate surface area is 56.3 Å². The summed E-state index contributed by atoms with van der Waals surface area (Å²) in [4.78, 5) is 0. The van der Waals surface area contributed by atoms with E-state index in [1.54, 1.807) is 18.6 Å². The SMILES string of the molecule is C[S@@](=O)Cc1ccco1. The lowest BCUT2D eigenvalue weighted by Gasteiger charge is -1.87. The number of hydrogen-bond donors (Lipinski definition) is 0. The van der Waals surface area contributed by atoms with E-state index in [4.69, 9.17) is 4.42 Å². The van der Waals surface area contributed by atoms with Crippen LogP contribution in [0.2, 0.25) is 0 Å². The van der Waals surface area contributed by atoms with E-state index in [0.29, 0.717) is 5.75 Å². The Balaban J connectivity index is 2.58. The minimum absolute atomic E-state index is 0.521. The normalized spacial score (nSPS) is 13.4. The lowest BCUT2D eigenvalue weighted by molar-refractivity contribution is 0.528. The zero-order valence-electron chi connectivity index (χ0n) is 5.16. The quantitative estimate of drug-likeness (QED) is 0.623. The Morgan fingerprint density at radius 3 is 3.00 bits per heavy atom. The number of furan rings is 1. The van der Waals surface area contributed by atoms with Gasteiger partial charge in [0.05, 0.1) is 12.0 Å². The van der Waals surface area contributed by atoms with Gasteiger partial charge < -0.3 is 4.42 Å². The van der Waals surface area contributed by atoms with Crippen LogP contribution in [0.4, 0.5) is 0 Å². The zero-order chi connectivity index (χ0) is 6.69. The average molecular weight is 144 g/mol. The smallest absolute Gasteiger partial charge is 0.116 e. The molecule has 50 valence electrons. The van der Waals surface area contributed by atoms with E-state index in [-0.39, 0.29) is 0 Å². The predicted octanol–water partition coefficient (Wildman–Crippen LogP) is 1.16. The van der Waals surface area contributed by atoms with Crippen LogP contribution < -0.4 is 0 Å². The molecule has 0 fully saturated rings. The summed E-state index contributed by atoms with van der Waals surface area (Å²) in [6.45, 7) is 0. The van der Waals surface area contributed by atoms with Crippen molar-refractivity contribution in [1.82, 2.24) is 0 Å². The van der Waals surface area contributed by atoms with Gasteiger partial charge in [-0.3, -0.25) is 4.21 Å². The van der Waals surface area contributed by atoms with Crippen molar-refractivity contribution in [3.05, 3.63) is 24.2 Å². The van der Waals surface area contributed by atoms with Crippen LogP contribution in [0.3, 0.4) is 0 Å². The van der Waals surface area contributed by atoms with E-state index in [2.05, 4.69) is 0 Å². The van der Waals surface area contributed by atoms with Crippen molar-refractivity contribution in [1.29, 1.82) is 0 Å². The van der Waals surface area contributed by atoms with E-state index >= 15 is 0 Å². The molecule has 2 nitrogen and oxygen atoms in total. The Morgan fingerprint density at radius 2 is 2.56 bits per heavy atom. The highest BCUT2D eigenvalue weighted by molar-refractivity contribution is 7.83. The van der Waals surface area contributed by atoms with Gasteiger partial charge in [-0.05, 0) is 12.1 Å². The van der Waals surface area contributed by atoms with Crippen LogP contribution in [0.15, 0.2) is 22.8 Å². The van der Waals surface area contributed by atoms with E-state index in [1.165, 1.54) is 0 Å². The second kappa shape index (κ2) is 2.82. The molecule has 9 heavy (non-hydrogen) atoms. The maximum Gasteiger partial charge on any atom is 0.116 e. The Kier molecular flexibility index (Phi) is 2.05. The summed E-state index contributed by atoms with van der Waals surface area (Å²) in [5.41, 5.74) is 0. The molecule has 0 unspecified atom stereocenters. The molecule has 0 aliphatic heterocycles. The monoisotopic (exact) mass is 144 g/mol. The van der Waals surface area contributed by atoms with Gasteiger partial charge in [0.2, 0.25) is 0 Å². The minimum Gasteiger partial charge on any atom is -0.468 e. The maximum absolute atomic E-state index is 10.6. The molecule has 1 aromatic rings. The molecule has 0 spiro atoms. The first-order valence-corrected chi connectivity index (χ1v) is 4.34. The average Bonchev–Trinajstić information content (AvgIpc) is 2.15. The van der Waals surface area contributed by atoms with Crippen molar-refractivity contribution >= 4 is 10.8 Å². The van der Waals surface area contributed by atoms with Crippen LogP contribution in [0.5, 0.6) is 0 Å². The molecule has 0 bridgehead atoms. The molecule has 1 atom stereocenters. The Morgan fingerprint density at radius 1 is 1.78 bits per heavy atom. The molecule has 1 heterocycles. The molecule has 1 aromatic heterocycles. The van der Waals surface area contributed by atoms with Crippen molar-refractivity contribution < 1.29 is 8.63 Å². The first kappa shape index (κ1) is 6.55. The lowest BCUT2D eigenvalue weighted by Crippen LogP contribution is -1.88. The highest BCUT2D eigenvalue weighted by atomic mass is 32.2. The van der Waals surface area contributed by atoms with Crippen molar-refractivity contribution in [2.24, 2.45) is 0 Å². The summed E-state index contributed by atoms with van der Waals surface area (Å²) in [5, 5.41) is 0. The standard InChI is InChI=1S/C6H8O2S/c1-9(7)5-6-3-2-4-8-6/h2-4H,5H2,1H3/t9-/m1/s1. The van der Waals surface area contributed by atoms with Gasteiger partial charge in [-0.2, -0.15) is 0 Å². The maximum atomic E-state index is 10.6. The first-order chi connectivity index (χ1) is 4.29. The van der Waals surface area contributed by atoms with Gasteiger partial charge in [-0.15, -0.1) is 0 Å². The van der Waals surface area contributed by atoms with Crippen LogP contribution in [0, 0.1) is 0 Å². The van der Waals surface area contributed by atoms with Gasteiger partial charge in [-0.25, -0.2) is 0 Å². The van der Waals surface area contributed by atoms with Gasteiger partial charge in [-0.1, -0.05) is 0 Å². The van der Waals surface area contributed by atoms with E-state index in [9.17, 15) is 4.21 Å². The van der Waals surface area contributed by atoms with E-state index < -0.39 is 10.8 Å². The topological polar surface area (TPSA) is 30.2 Å². The fraction of sp³-hybridized carbons (Fsp3) is 0.333. The number of hydrogen-bond acceptors (Lipinski definition) is 2. The fourth-order valence-electron chi connectivity index (χ4n) is 0.595. The third-order valence-electron chi connectivity index (χ3n) is 0.926. The molecule has 0 saturated heterocycles. The molecule has 0 aliphatic carbocycles. The largest absolute Gasteiger partial charge is 0.468 e. The Hall–Kier alpha value is -0.570. The van der Waals surface area contributed by atoms with E-state index in [1.807, 2.05) is 6.07 Å². The van der Waals surface area contributed by atoms with Gasteiger partial charge >= 0.3 is 0 Å². The zero-order valence-corrected chi connectivity index (χ0v) is 5.98. The Bertz CT molecular complexity index is 191. The molecule has 3 heteroatoms.